The van der Waals surface area contributed by atoms with Crippen LogP contribution in [0.3, 0.4) is 0 Å². The van der Waals surface area contributed by atoms with E-state index in [1.54, 1.807) is 24.3 Å². The average Bonchev–Trinajstić information content (AvgIpc) is 3.23. The van der Waals surface area contributed by atoms with Crippen LogP contribution in [0.1, 0.15) is 66.7 Å². The Morgan fingerprint density at radius 3 is 2.32 bits per heavy atom. The molecule has 3 rings (SSSR count). The minimum Gasteiger partial charge on any atom is -0.447 e. The summed E-state index contributed by atoms with van der Waals surface area (Å²) in [5, 5.41) is 13.2. The summed E-state index contributed by atoms with van der Waals surface area (Å²) >= 11 is 0. The van der Waals surface area contributed by atoms with E-state index in [1.807, 2.05) is 34.8 Å². The number of alkyl carbamates (subject to hydrolysis) is 1. The fourth-order valence-corrected chi connectivity index (χ4v) is 5.60. The van der Waals surface area contributed by atoms with E-state index in [-0.39, 0.29) is 35.4 Å². The molecule has 0 saturated carbocycles. The number of unbranched alkanes of at least 4 members (excludes halogenated alkanes) is 3. The third-order valence-electron chi connectivity index (χ3n) is 8.05. The number of ether oxygens (including phenoxy) is 2. The minimum atomic E-state index is -2.42. The lowest BCUT2D eigenvalue weighted by atomic mass is 9.79. The summed E-state index contributed by atoms with van der Waals surface area (Å²) < 4.78 is 11.2. The van der Waals surface area contributed by atoms with E-state index < -0.39 is 26.6 Å². The van der Waals surface area contributed by atoms with Crippen molar-refractivity contribution < 1.29 is 33.8 Å². The zero-order chi connectivity index (χ0) is 27.4. The van der Waals surface area contributed by atoms with Gasteiger partial charge in [-0.2, -0.15) is 0 Å². The minimum absolute atomic E-state index is 0.0332. The first-order chi connectivity index (χ1) is 17.3. The number of carbonyl (C=O) groups excluding carboxylic acids is 3. The number of carbonyl (C=O) groups is 3. The Labute approximate surface area is 221 Å². The Bertz CT molecular complexity index is 949. The van der Waals surface area contributed by atoms with Crippen molar-refractivity contribution in [2.45, 2.75) is 82.3 Å². The Morgan fingerprint density at radius 1 is 1.14 bits per heavy atom. The second-order valence-corrected chi connectivity index (χ2v) is 15.9. The van der Waals surface area contributed by atoms with Crippen LogP contribution >= 0.6 is 0 Å². The summed E-state index contributed by atoms with van der Waals surface area (Å²) in [4.78, 5) is 48.7. The van der Waals surface area contributed by atoms with Gasteiger partial charge < -0.3 is 24.7 Å². The van der Waals surface area contributed by atoms with Gasteiger partial charge in [-0.05, 0) is 49.5 Å². The number of nitrogens with zero attached hydrogens (tertiary/aromatic N) is 1. The molecule has 2 aliphatic rings. The molecule has 0 aromatic heterocycles. The number of aliphatic hydroxyl groups excluding tert-OH is 1. The van der Waals surface area contributed by atoms with Crippen LogP contribution in [0.15, 0.2) is 24.3 Å². The summed E-state index contributed by atoms with van der Waals surface area (Å²) in [5.41, 5.74) is 0.936. The van der Waals surface area contributed by atoms with E-state index in [1.165, 1.54) is 4.90 Å². The number of hydrogen-bond donors (Lipinski definition) is 3. The highest BCUT2D eigenvalue weighted by Gasteiger charge is 2.48. The number of nitrogens with one attached hydrogen (secondary N) is 1. The number of fused-ring (bicyclic) bond motifs is 1. The molecule has 3 amide bonds. The summed E-state index contributed by atoms with van der Waals surface area (Å²) in [6.45, 7) is 8.66. The van der Waals surface area contributed by atoms with Crippen molar-refractivity contribution in [3.8, 4) is 0 Å². The molecular formula is C26H41BN2O7Si. The van der Waals surface area contributed by atoms with Crippen molar-refractivity contribution in [1.82, 2.24) is 10.2 Å². The molecule has 9 nitrogen and oxygen atoms in total. The number of imide groups is 1. The standard InChI is InChI=1S/C26H41BN2O7Si/c1-26(2,37(3,4)34)15-19-21(30)20(36-22(19)27)16-35-25(33)28-13-9-5-6-10-14-29-23(31)17-11-7-8-12-18(17)24(29)32/h7-8,11-12,19-22,30,34H,5-6,9-10,13-16,27H2,1-4H3,(H,28,33)/t19-,20+,21?,22+/m0/s1. The second kappa shape index (κ2) is 12.1. The zero-order valence-electron chi connectivity index (χ0n) is 22.7. The SMILES string of the molecule is B[C@@H]1O[C@H](COC(=O)NCCCCCCN2C(=O)c3ccccc3C2=O)C(O)[C@@H]1CC(C)(C)[Si](C)(C)O. The molecule has 37 heavy (non-hydrogen) atoms. The smallest absolute Gasteiger partial charge is 0.407 e. The highest BCUT2D eigenvalue weighted by atomic mass is 28.4. The van der Waals surface area contributed by atoms with Crippen LogP contribution in [0.4, 0.5) is 4.79 Å². The van der Waals surface area contributed by atoms with Crippen molar-refractivity contribution in [2.75, 3.05) is 19.7 Å². The van der Waals surface area contributed by atoms with Gasteiger partial charge in [0.2, 0.25) is 0 Å². The lowest BCUT2D eigenvalue weighted by Gasteiger charge is -2.38. The number of hydrogen-bond acceptors (Lipinski definition) is 7. The maximum Gasteiger partial charge on any atom is 0.407 e. The van der Waals surface area contributed by atoms with Crippen LogP contribution in [0, 0.1) is 5.92 Å². The summed E-state index contributed by atoms with van der Waals surface area (Å²) in [5.74, 6) is -0.597. The fourth-order valence-electron chi connectivity index (χ4n) is 4.86. The molecule has 0 radical (unpaired) electrons. The van der Waals surface area contributed by atoms with Crippen molar-refractivity contribution in [3.63, 3.8) is 0 Å². The van der Waals surface area contributed by atoms with Crippen molar-refractivity contribution in [2.24, 2.45) is 5.92 Å². The van der Waals surface area contributed by atoms with Crippen LogP contribution in [0.2, 0.25) is 18.1 Å². The lowest BCUT2D eigenvalue weighted by Crippen LogP contribution is -2.43. The van der Waals surface area contributed by atoms with Crippen LogP contribution in [-0.2, 0) is 9.47 Å². The quantitative estimate of drug-likeness (QED) is 0.214. The van der Waals surface area contributed by atoms with E-state index in [9.17, 15) is 24.3 Å². The van der Waals surface area contributed by atoms with E-state index in [4.69, 9.17) is 9.47 Å². The van der Waals surface area contributed by atoms with E-state index in [0.717, 1.165) is 19.3 Å². The largest absolute Gasteiger partial charge is 0.447 e. The third-order valence-corrected chi connectivity index (χ3v) is 11.6. The Kier molecular flexibility index (Phi) is 9.60. The molecule has 0 bridgehead atoms. The molecule has 1 saturated heterocycles. The maximum absolute atomic E-state index is 12.4. The van der Waals surface area contributed by atoms with E-state index >= 15 is 0 Å². The molecule has 3 N–H and O–H groups in total. The number of amides is 3. The lowest BCUT2D eigenvalue weighted by molar-refractivity contribution is -0.0114. The summed E-state index contributed by atoms with van der Waals surface area (Å²) in [6, 6.07) is 6.68. The highest BCUT2D eigenvalue weighted by molar-refractivity contribution is 6.72. The number of aliphatic hydroxyl groups is 1. The molecule has 1 aromatic carbocycles. The van der Waals surface area contributed by atoms with Gasteiger partial charge in [-0.3, -0.25) is 14.5 Å². The fraction of sp³-hybridized carbons (Fsp3) is 0.654. The van der Waals surface area contributed by atoms with Gasteiger partial charge in [-0.1, -0.05) is 38.8 Å². The average molecular weight is 533 g/mol. The highest BCUT2D eigenvalue weighted by Crippen LogP contribution is 2.45. The first-order valence-electron chi connectivity index (χ1n) is 13.3. The molecule has 2 aliphatic heterocycles. The van der Waals surface area contributed by atoms with Crippen molar-refractivity contribution >= 4 is 34.1 Å². The molecule has 1 fully saturated rings. The molecule has 1 aromatic rings. The molecule has 1 unspecified atom stereocenters. The van der Waals surface area contributed by atoms with Gasteiger partial charge in [0.05, 0.1) is 17.2 Å². The molecule has 0 aliphatic carbocycles. The first-order valence-corrected chi connectivity index (χ1v) is 16.2. The predicted octanol–water partition coefficient (Wildman–Crippen LogP) is 2.27. The van der Waals surface area contributed by atoms with E-state index in [0.29, 0.717) is 37.1 Å². The van der Waals surface area contributed by atoms with Crippen molar-refractivity contribution in [1.29, 1.82) is 0 Å². The van der Waals surface area contributed by atoms with Gasteiger partial charge in [0.1, 0.15) is 20.6 Å². The van der Waals surface area contributed by atoms with Gasteiger partial charge in [-0.15, -0.1) is 0 Å². The van der Waals surface area contributed by atoms with Gasteiger partial charge in [0.25, 0.3) is 11.8 Å². The Morgan fingerprint density at radius 2 is 1.73 bits per heavy atom. The molecule has 0 spiro atoms. The first kappa shape index (κ1) is 29.3. The molecule has 11 heteroatoms. The van der Waals surface area contributed by atoms with Gasteiger partial charge in [0, 0.05) is 25.0 Å². The molecular weight excluding hydrogens is 491 g/mol. The van der Waals surface area contributed by atoms with Crippen LogP contribution in [0.25, 0.3) is 0 Å². The van der Waals surface area contributed by atoms with Crippen molar-refractivity contribution in [3.05, 3.63) is 35.4 Å². The zero-order valence-corrected chi connectivity index (χ0v) is 23.7. The Balaban J connectivity index is 1.28. The summed E-state index contributed by atoms with van der Waals surface area (Å²) in [7, 11) is -0.511. The maximum atomic E-state index is 12.4. The molecule has 4 atom stereocenters. The van der Waals surface area contributed by atoms with Gasteiger partial charge in [0.15, 0.2) is 8.32 Å². The van der Waals surface area contributed by atoms with Crippen LogP contribution in [-0.4, -0.2) is 86.8 Å². The van der Waals surface area contributed by atoms with Gasteiger partial charge in [-0.25, -0.2) is 4.79 Å². The van der Waals surface area contributed by atoms with Crippen LogP contribution in [0.5, 0.6) is 0 Å². The molecule has 204 valence electrons. The number of benzene rings is 1. The monoisotopic (exact) mass is 532 g/mol. The van der Waals surface area contributed by atoms with Crippen LogP contribution < -0.4 is 5.32 Å². The predicted molar refractivity (Wildman–Crippen MR) is 145 cm³/mol. The number of rotatable bonds is 12. The topological polar surface area (TPSA) is 125 Å². The molecule has 2 heterocycles. The Hall–Kier alpha value is -2.21. The van der Waals surface area contributed by atoms with Gasteiger partial charge >= 0.3 is 6.09 Å². The summed E-state index contributed by atoms with van der Waals surface area (Å²) in [6.07, 6.45) is 1.85. The van der Waals surface area contributed by atoms with E-state index in [2.05, 4.69) is 5.32 Å². The third kappa shape index (κ3) is 7.01. The second-order valence-electron chi connectivity index (χ2n) is 11.4. The normalized spacial score (nSPS) is 23.9.